The van der Waals surface area contributed by atoms with Crippen LogP contribution in [0.25, 0.3) is 0 Å². The number of ether oxygens (including phenoxy) is 3. The van der Waals surface area contributed by atoms with E-state index in [-0.39, 0.29) is 18.6 Å². The van der Waals surface area contributed by atoms with E-state index in [1.54, 1.807) is 6.92 Å². The minimum absolute atomic E-state index is 0.0270. The zero-order valence-electron chi connectivity index (χ0n) is 12.8. The van der Waals surface area contributed by atoms with Gasteiger partial charge in [-0.25, -0.2) is 0 Å². The highest BCUT2D eigenvalue weighted by molar-refractivity contribution is 5.83. The van der Waals surface area contributed by atoms with Gasteiger partial charge in [0, 0.05) is 27.1 Å². The molecule has 0 fully saturated rings. The molecule has 0 aliphatic heterocycles. The Morgan fingerprint density at radius 2 is 1.81 bits per heavy atom. The summed E-state index contributed by atoms with van der Waals surface area (Å²) in [5.74, 6) is -0.135. The summed E-state index contributed by atoms with van der Waals surface area (Å²) in [5, 5.41) is 9.85. The quantitative estimate of drug-likeness (QED) is 0.668. The van der Waals surface area contributed by atoms with Gasteiger partial charge in [-0.15, -0.1) is 0 Å². The van der Waals surface area contributed by atoms with Crippen LogP contribution < -0.4 is 0 Å². The maximum Gasteiger partial charge on any atom is 0.163 e. The first kappa shape index (κ1) is 17.8. The van der Waals surface area contributed by atoms with E-state index in [9.17, 15) is 9.90 Å². The first-order chi connectivity index (χ1) is 10.1. The zero-order valence-corrected chi connectivity index (χ0v) is 12.8. The molecule has 0 spiro atoms. The highest BCUT2D eigenvalue weighted by Gasteiger charge is 2.20. The molecule has 1 rings (SSSR count). The minimum atomic E-state index is -0.801. The lowest BCUT2D eigenvalue weighted by Crippen LogP contribution is -2.28. The van der Waals surface area contributed by atoms with E-state index < -0.39 is 18.5 Å². The zero-order chi connectivity index (χ0) is 15.7. The molecule has 5 nitrogen and oxygen atoms in total. The fourth-order valence-corrected chi connectivity index (χ4v) is 1.88. The van der Waals surface area contributed by atoms with Gasteiger partial charge in [0.25, 0.3) is 0 Å². The predicted octanol–water partition coefficient (Wildman–Crippen LogP) is 1.92. The monoisotopic (exact) mass is 296 g/mol. The standard InChI is InChI=1S/C16H24O5/c1-12(21-11-13-7-5-4-6-8-13)15(18)9-14(17)10-16(19-2)20-3/h4-8,12,14,16-17H,9-11H2,1-3H3/t12-,14+/m1/s1. The number of ketones is 1. The first-order valence-electron chi connectivity index (χ1n) is 6.98. The Morgan fingerprint density at radius 3 is 2.38 bits per heavy atom. The molecule has 118 valence electrons. The van der Waals surface area contributed by atoms with Crippen LogP contribution >= 0.6 is 0 Å². The number of hydrogen-bond donors (Lipinski definition) is 1. The normalized spacial score (nSPS) is 14.1. The van der Waals surface area contributed by atoms with E-state index in [0.717, 1.165) is 5.56 Å². The summed E-state index contributed by atoms with van der Waals surface area (Å²) in [6.45, 7) is 2.07. The van der Waals surface area contributed by atoms with Gasteiger partial charge in [0.1, 0.15) is 6.10 Å². The molecule has 0 aliphatic rings. The van der Waals surface area contributed by atoms with E-state index in [1.807, 2.05) is 30.3 Å². The Labute approximate surface area is 125 Å². The van der Waals surface area contributed by atoms with Gasteiger partial charge >= 0.3 is 0 Å². The minimum Gasteiger partial charge on any atom is -0.392 e. The number of carbonyl (C=O) groups excluding carboxylic acids is 1. The van der Waals surface area contributed by atoms with Crippen LogP contribution in [0.5, 0.6) is 0 Å². The van der Waals surface area contributed by atoms with Crippen LogP contribution in [0.15, 0.2) is 30.3 Å². The van der Waals surface area contributed by atoms with E-state index in [0.29, 0.717) is 6.61 Å². The van der Waals surface area contributed by atoms with Crippen LogP contribution in [0.3, 0.4) is 0 Å². The maximum absolute atomic E-state index is 12.0. The number of methoxy groups -OCH3 is 2. The highest BCUT2D eigenvalue weighted by Crippen LogP contribution is 2.10. The summed E-state index contributed by atoms with van der Waals surface area (Å²) in [4.78, 5) is 12.0. The molecule has 0 saturated heterocycles. The molecule has 0 unspecified atom stereocenters. The van der Waals surface area contributed by atoms with Crippen molar-refractivity contribution in [3.8, 4) is 0 Å². The van der Waals surface area contributed by atoms with Gasteiger partial charge in [-0.3, -0.25) is 4.79 Å². The molecule has 2 atom stereocenters. The van der Waals surface area contributed by atoms with Crippen molar-refractivity contribution in [3.05, 3.63) is 35.9 Å². The van der Waals surface area contributed by atoms with Gasteiger partial charge in [-0.2, -0.15) is 0 Å². The van der Waals surface area contributed by atoms with Gasteiger partial charge < -0.3 is 19.3 Å². The lowest BCUT2D eigenvalue weighted by Gasteiger charge is -2.18. The predicted molar refractivity (Wildman–Crippen MR) is 78.7 cm³/mol. The smallest absolute Gasteiger partial charge is 0.163 e. The fourth-order valence-electron chi connectivity index (χ4n) is 1.88. The van der Waals surface area contributed by atoms with Gasteiger partial charge in [-0.05, 0) is 12.5 Å². The van der Waals surface area contributed by atoms with Gasteiger partial charge in [0.2, 0.25) is 0 Å². The van der Waals surface area contributed by atoms with Crippen molar-refractivity contribution in [2.45, 2.75) is 44.9 Å². The third-order valence-corrected chi connectivity index (χ3v) is 3.22. The Hall–Kier alpha value is -1.27. The molecule has 5 heteroatoms. The highest BCUT2D eigenvalue weighted by atomic mass is 16.7. The maximum atomic E-state index is 12.0. The summed E-state index contributed by atoms with van der Waals surface area (Å²) < 4.78 is 15.5. The molecule has 1 N–H and O–H groups in total. The third-order valence-electron chi connectivity index (χ3n) is 3.22. The summed E-state index contributed by atoms with van der Waals surface area (Å²) >= 11 is 0. The van der Waals surface area contributed by atoms with Gasteiger partial charge in [0.15, 0.2) is 12.1 Å². The summed E-state index contributed by atoms with van der Waals surface area (Å²) in [7, 11) is 2.99. The number of carbonyl (C=O) groups is 1. The number of benzene rings is 1. The van der Waals surface area contributed by atoms with Crippen molar-refractivity contribution < 1.29 is 24.1 Å². The topological polar surface area (TPSA) is 65.0 Å². The molecule has 1 aromatic rings. The van der Waals surface area contributed by atoms with Crippen LogP contribution in [0.4, 0.5) is 0 Å². The molecule has 0 aromatic heterocycles. The molecule has 1 aromatic carbocycles. The number of aliphatic hydroxyl groups is 1. The lowest BCUT2D eigenvalue weighted by molar-refractivity contribution is -0.138. The van der Waals surface area contributed by atoms with Crippen LogP contribution in [0.1, 0.15) is 25.3 Å². The summed E-state index contributed by atoms with van der Waals surface area (Å²) in [6, 6.07) is 9.65. The van der Waals surface area contributed by atoms with Gasteiger partial charge in [0.05, 0.1) is 12.7 Å². The van der Waals surface area contributed by atoms with E-state index in [2.05, 4.69) is 0 Å². The van der Waals surface area contributed by atoms with Crippen molar-refractivity contribution in [2.24, 2.45) is 0 Å². The van der Waals surface area contributed by atoms with Crippen molar-refractivity contribution >= 4 is 5.78 Å². The number of aliphatic hydroxyl groups excluding tert-OH is 1. The number of Topliss-reactive ketones (excluding diaryl/α,β-unsaturated/α-hetero) is 1. The molecule has 0 bridgehead atoms. The van der Waals surface area contributed by atoms with Crippen LogP contribution in [0, 0.1) is 0 Å². The molecule has 0 radical (unpaired) electrons. The molecule has 0 saturated carbocycles. The van der Waals surface area contributed by atoms with E-state index >= 15 is 0 Å². The summed E-state index contributed by atoms with van der Waals surface area (Å²) in [6.07, 6.45) is -1.58. The summed E-state index contributed by atoms with van der Waals surface area (Å²) in [5.41, 5.74) is 1.01. The number of rotatable bonds is 10. The second-order valence-corrected chi connectivity index (χ2v) is 4.90. The first-order valence-corrected chi connectivity index (χ1v) is 6.98. The molecule has 21 heavy (non-hydrogen) atoms. The average Bonchev–Trinajstić information content (AvgIpc) is 2.51. The SMILES string of the molecule is COC(C[C@@H](O)CC(=O)[C@@H](C)OCc1ccccc1)OC. The Balaban J connectivity index is 2.33. The van der Waals surface area contributed by atoms with Crippen molar-refractivity contribution in [1.82, 2.24) is 0 Å². The molecule has 0 amide bonds. The molecular weight excluding hydrogens is 272 g/mol. The number of hydrogen-bond acceptors (Lipinski definition) is 5. The molecule has 0 aliphatic carbocycles. The molecule has 0 heterocycles. The van der Waals surface area contributed by atoms with E-state index in [1.165, 1.54) is 14.2 Å². The van der Waals surface area contributed by atoms with Crippen LogP contribution in [0.2, 0.25) is 0 Å². The second-order valence-electron chi connectivity index (χ2n) is 4.90. The van der Waals surface area contributed by atoms with Crippen molar-refractivity contribution in [3.63, 3.8) is 0 Å². The Morgan fingerprint density at radius 1 is 1.19 bits per heavy atom. The van der Waals surface area contributed by atoms with Crippen LogP contribution in [-0.2, 0) is 25.6 Å². The Kier molecular flexibility index (Phi) is 8.15. The average molecular weight is 296 g/mol. The largest absolute Gasteiger partial charge is 0.392 e. The fraction of sp³-hybridized carbons (Fsp3) is 0.562. The second kappa shape index (κ2) is 9.63. The lowest BCUT2D eigenvalue weighted by atomic mass is 10.1. The molecular formula is C16H24O5. The van der Waals surface area contributed by atoms with Crippen molar-refractivity contribution in [2.75, 3.05) is 14.2 Å². The van der Waals surface area contributed by atoms with Gasteiger partial charge in [-0.1, -0.05) is 30.3 Å². The Bertz CT molecular complexity index is 402. The van der Waals surface area contributed by atoms with E-state index in [4.69, 9.17) is 14.2 Å². The van der Waals surface area contributed by atoms with Crippen molar-refractivity contribution in [1.29, 1.82) is 0 Å². The third kappa shape index (κ3) is 6.82. The van der Waals surface area contributed by atoms with Crippen LogP contribution in [-0.4, -0.2) is 43.6 Å².